The van der Waals surface area contributed by atoms with E-state index in [0.717, 1.165) is 0 Å². The molecule has 0 bridgehead atoms. The molecule has 1 amide bonds. The maximum absolute atomic E-state index is 11.9. The zero-order chi connectivity index (χ0) is 17.5. The van der Waals surface area contributed by atoms with E-state index in [2.05, 4.69) is 5.32 Å². The molecular formula is C16H13ClN2O4S. The quantitative estimate of drug-likeness (QED) is 0.796. The summed E-state index contributed by atoms with van der Waals surface area (Å²) in [6.45, 7) is -0.440. The van der Waals surface area contributed by atoms with E-state index in [9.17, 15) is 9.59 Å². The monoisotopic (exact) mass is 364 g/mol. The van der Waals surface area contributed by atoms with Crippen molar-refractivity contribution in [2.45, 2.75) is 6.42 Å². The summed E-state index contributed by atoms with van der Waals surface area (Å²) in [5.74, 6) is -0.587. The lowest BCUT2D eigenvalue weighted by Crippen LogP contribution is -2.21. The number of nitrogens with zero attached hydrogens (tertiary/aromatic N) is 1. The molecule has 0 saturated heterocycles. The molecule has 2 aromatic rings. The molecule has 8 heteroatoms. The lowest BCUT2D eigenvalue weighted by atomic mass is 10.1. The SMILES string of the molecule is COc1ccc(Cl)cc1CC(=O)OCC(=O)Nc1sccc1C#N. The Morgan fingerprint density at radius 3 is 2.88 bits per heavy atom. The van der Waals surface area contributed by atoms with Gasteiger partial charge in [0.1, 0.15) is 16.8 Å². The van der Waals surface area contributed by atoms with E-state index in [1.54, 1.807) is 29.6 Å². The van der Waals surface area contributed by atoms with Crippen LogP contribution < -0.4 is 10.1 Å². The Bertz CT molecular complexity index is 798. The molecule has 0 saturated carbocycles. The van der Waals surface area contributed by atoms with Crippen molar-refractivity contribution in [1.29, 1.82) is 5.26 Å². The first-order chi connectivity index (χ1) is 11.5. The molecule has 0 atom stereocenters. The number of thiophene rings is 1. The Kier molecular flexibility index (Phi) is 6.18. The second-order valence-electron chi connectivity index (χ2n) is 4.62. The van der Waals surface area contributed by atoms with Gasteiger partial charge in [0.05, 0.1) is 19.1 Å². The summed E-state index contributed by atoms with van der Waals surface area (Å²) < 4.78 is 10.1. The fourth-order valence-corrected chi connectivity index (χ4v) is 2.84. The van der Waals surface area contributed by atoms with Crippen LogP contribution in [0.3, 0.4) is 0 Å². The summed E-state index contributed by atoms with van der Waals surface area (Å²) in [5, 5.41) is 14.0. The van der Waals surface area contributed by atoms with E-state index < -0.39 is 18.5 Å². The van der Waals surface area contributed by atoms with Crippen LogP contribution in [0.25, 0.3) is 0 Å². The van der Waals surface area contributed by atoms with Gasteiger partial charge in [-0.2, -0.15) is 5.26 Å². The zero-order valence-corrected chi connectivity index (χ0v) is 14.2. The highest BCUT2D eigenvalue weighted by Crippen LogP contribution is 2.24. The molecule has 0 fully saturated rings. The minimum atomic E-state index is -0.586. The van der Waals surface area contributed by atoms with E-state index in [-0.39, 0.29) is 6.42 Å². The van der Waals surface area contributed by atoms with Crippen molar-refractivity contribution in [3.63, 3.8) is 0 Å². The molecule has 1 aromatic heterocycles. The van der Waals surface area contributed by atoms with Gasteiger partial charge >= 0.3 is 5.97 Å². The highest BCUT2D eigenvalue weighted by molar-refractivity contribution is 7.14. The summed E-state index contributed by atoms with van der Waals surface area (Å²) in [4.78, 5) is 23.6. The molecule has 0 aliphatic carbocycles. The summed E-state index contributed by atoms with van der Waals surface area (Å²) in [5.41, 5.74) is 0.934. The van der Waals surface area contributed by atoms with Crippen LogP contribution in [-0.2, 0) is 20.7 Å². The van der Waals surface area contributed by atoms with E-state index in [0.29, 0.717) is 26.9 Å². The summed E-state index contributed by atoms with van der Waals surface area (Å²) in [7, 11) is 1.49. The van der Waals surface area contributed by atoms with Crippen LogP contribution in [0, 0.1) is 11.3 Å². The number of ether oxygens (including phenoxy) is 2. The molecule has 24 heavy (non-hydrogen) atoms. The van der Waals surface area contributed by atoms with E-state index in [4.69, 9.17) is 26.3 Å². The molecular weight excluding hydrogens is 352 g/mol. The van der Waals surface area contributed by atoms with Gasteiger partial charge in [0, 0.05) is 10.6 Å². The van der Waals surface area contributed by atoms with E-state index in [1.807, 2.05) is 6.07 Å². The number of nitrogens with one attached hydrogen (secondary N) is 1. The normalized spacial score (nSPS) is 9.88. The van der Waals surface area contributed by atoms with Crippen LogP contribution in [0.15, 0.2) is 29.6 Å². The maximum Gasteiger partial charge on any atom is 0.310 e. The second kappa shape index (κ2) is 8.34. The Morgan fingerprint density at radius 1 is 1.38 bits per heavy atom. The molecule has 1 aromatic carbocycles. The van der Waals surface area contributed by atoms with Crippen LogP contribution in [0.1, 0.15) is 11.1 Å². The Labute approximate surface area is 147 Å². The topological polar surface area (TPSA) is 88.4 Å². The van der Waals surface area contributed by atoms with Gasteiger partial charge in [-0.25, -0.2) is 0 Å². The standard InChI is InChI=1S/C16H13ClN2O4S/c1-22-13-3-2-12(17)6-11(13)7-15(21)23-9-14(20)19-16-10(8-18)4-5-24-16/h2-6H,7,9H2,1H3,(H,19,20). The van der Waals surface area contributed by atoms with Gasteiger partial charge in [-0.05, 0) is 29.6 Å². The number of hydrogen-bond acceptors (Lipinski definition) is 6. The Morgan fingerprint density at radius 2 is 2.17 bits per heavy atom. The number of benzene rings is 1. The molecule has 124 valence electrons. The molecule has 1 N–H and O–H groups in total. The van der Waals surface area contributed by atoms with Crippen molar-refractivity contribution < 1.29 is 19.1 Å². The lowest BCUT2D eigenvalue weighted by molar-refractivity contribution is -0.146. The molecule has 0 radical (unpaired) electrons. The van der Waals surface area contributed by atoms with Gasteiger partial charge in [0.2, 0.25) is 0 Å². The zero-order valence-electron chi connectivity index (χ0n) is 12.7. The number of halogens is 1. The number of carbonyl (C=O) groups is 2. The predicted octanol–water partition coefficient (Wildman–Crippen LogP) is 3.01. The molecule has 2 rings (SSSR count). The van der Waals surface area contributed by atoms with Crippen molar-refractivity contribution in [3.05, 3.63) is 45.8 Å². The highest BCUT2D eigenvalue weighted by Gasteiger charge is 2.14. The summed E-state index contributed by atoms with van der Waals surface area (Å²) in [6.07, 6.45) is -0.0700. The Hall–Kier alpha value is -2.56. The molecule has 0 aliphatic heterocycles. The van der Waals surface area contributed by atoms with Crippen LogP contribution >= 0.6 is 22.9 Å². The van der Waals surface area contributed by atoms with Gasteiger partial charge in [-0.3, -0.25) is 9.59 Å². The molecule has 0 spiro atoms. The van der Waals surface area contributed by atoms with Crippen molar-refractivity contribution in [3.8, 4) is 11.8 Å². The van der Waals surface area contributed by atoms with E-state index in [1.165, 1.54) is 18.4 Å². The first kappa shape index (κ1) is 17.8. The smallest absolute Gasteiger partial charge is 0.310 e. The van der Waals surface area contributed by atoms with Gasteiger partial charge < -0.3 is 14.8 Å². The average molecular weight is 365 g/mol. The lowest BCUT2D eigenvalue weighted by Gasteiger charge is -2.09. The molecule has 0 unspecified atom stereocenters. The van der Waals surface area contributed by atoms with Gasteiger partial charge in [0.15, 0.2) is 6.61 Å². The number of esters is 1. The molecule has 0 aliphatic rings. The molecule has 6 nitrogen and oxygen atoms in total. The minimum absolute atomic E-state index is 0.0700. The largest absolute Gasteiger partial charge is 0.496 e. The number of anilines is 1. The number of hydrogen-bond donors (Lipinski definition) is 1. The van der Waals surface area contributed by atoms with Crippen molar-refractivity contribution in [2.75, 3.05) is 19.0 Å². The minimum Gasteiger partial charge on any atom is -0.496 e. The number of carbonyl (C=O) groups excluding carboxylic acids is 2. The first-order valence-corrected chi connectivity index (χ1v) is 8.04. The van der Waals surface area contributed by atoms with Crippen LogP contribution in [0.4, 0.5) is 5.00 Å². The highest BCUT2D eigenvalue weighted by atomic mass is 35.5. The van der Waals surface area contributed by atoms with Crippen LogP contribution in [0.5, 0.6) is 5.75 Å². The summed E-state index contributed by atoms with van der Waals surface area (Å²) >= 11 is 7.12. The first-order valence-electron chi connectivity index (χ1n) is 6.79. The third-order valence-electron chi connectivity index (χ3n) is 2.98. The fraction of sp³-hybridized carbons (Fsp3) is 0.188. The summed E-state index contributed by atoms with van der Waals surface area (Å²) in [6, 6.07) is 8.46. The van der Waals surface area contributed by atoms with E-state index >= 15 is 0 Å². The third-order valence-corrected chi connectivity index (χ3v) is 4.05. The van der Waals surface area contributed by atoms with Crippen molar-refractivity contribution in [1.82, 2.24) is 0 Å². The van der Waals surface area contributed by atoms with Gasteiger partial charge in [0.25, 0.3) is 5.91 Å². The van der Waals surface area contributed by atoms with Gasteiger partial charge in [-0.1, -0.05) is 11.6 Å². The van der Waals surface area contributed by atoms with Crippen molar-refractivity contribution in [2.24, 2.45) is 0 Å². The van der Waals surface area contributed by atoms with Crippen LogP contribution in [-0.4, -0.2) is 25.6 Å². The van der Waals surface area contributed by atoms with Gasteiger partial charge in [-0.15, -0.1) is 11.3 Å². The molecule has 1 heterocycles. The average Bonchev–Trinajstić information content (AvgIpc) is 3.00. The fourth-order valence-electron chi connectivity index (χ4n) is 1.89. The number of methoxy groups -OCH3 is 1. The Balaban J connectivity index is 1.88. The maximum atomic E-state index is 11.9. The van der Waals surface area contributed by atoms with Crippen molar-refractivity contribution >= 4 is 39.8 Å². The number of rotatable bonds is 6. The van der Waals surface area contributed by atoms with Crippen LogP contribution in [0.2, 0.25) is 5.02 Å². The second-order valence-corrected chi connectivity index (χ2v) is 5.97. The number of nitriles is 1. The third kappa shape index (κ3) is 4.72. The number of amides is 1. The predicted molar refractivity (Wildman–Crippen MR) is 90.3 cm³/mol.